The Morgan fingerprint density at radius 1 is 1.00 bits per heavy atom. The number of nitrogens with zero attached hydrogens (tertiary/aromatic N) is 2. The van der Waals surface area contributed by atoms with Gasteiger partial charge >= 0.3 is 6.18 Å². The summed E-state index contributed by atoms with van der Waals surface area (Å²) in [5, 5.41) is 4.58. The first-order valence-corrected chi connectivity index (χ1v) is 6.57. The second-order valence-corrected chi connectivity index (χ2v) is 4.88. The highest BCUT2D eigenvalue weighted by Crippen LogP contribution is 2.41. The molecule has 3 nitrogen and oxygen atoms in total. The normalized spacial score (nSPS) is 12.3. The van der Waals surface area contributed by atoms with Crippen LogP contribution >= 0.6 is 0 Å². The highest BCUT2D eigenvalue weighted by Gasteiger charge is 2.35. The van der Waals surface area contributed by atoms with Crippen LogP contribution in [0.5, 0.6) is 0 Å². The van der Waals surface area contributed by atoms with Crippen molar-refractivity contribution < 1.29 is 17.6 Å². The zero-order valence-electron chi connectivity index (χ0n) is 11.1. The van der Waals surface area contributed by atoms with Gasteiger partial charge in [0.25, 0.3) is 0 Å². The molecule has 22 heavy (non-hydrogen) atoms. The molecule has 0 saturated carbocycles. The molecular weight excluding hydrogens is 293 g/mol. The Morgan fingerprint density at radius 2 is 1.82 bits per heavy atom. The molecule has 2 heterocycles. The van der Waals surface area contributed by atoms with Crippen molar-refractivity contribution in [1.29, 1.82) is 0 Å². The van der Waals surface area contributed by atoms with E-state index >= 15 is 0 Å². The first-order valence-electron chi connectivity index (χ1n) is 6.57. The molecule has 2 aromatic carbocycles. The first kappa shape index (κ1) is 12.9. The summed E-state index contributed by atoms with van der Waals surface area (Å²) in [7, 11) is 0. The quantitative estimate of drug-likeness (QED) is 0.506. The number of furan rings is 1. The van der Waals surface area contributed by atoms with Gasteiger partial charge in [-0.1, -0.05) is 18.2 Å². The molecule has 0 amide bonds. The minimum atomic E-state index is -4.45. The summed E-state index contributed by atoms with van der Waals surface area (Å²) in [6.45, 7) is 0. The van der Waals surface area contributed by atoms with Gasteiger partial charge in [-0.2, -0.15) is 18.3 Å². The third-order valence-corrected chi connectivity index (χ3v) is 3.56. The summed E-state index contributed by atoms with van der Waals surface area (Å²) in [5.41, 5.74) is 0.370. The molecule has 0 atom stereocenters. The van der Waals surface area contributed by atoms with E-state index in [2.05, 4.69) is 5.10 Å². The van der Waals surface area contributed by atoms with Gasteiger partial charge in [0, 0.05) is 23.2 Å². The third-order valence-electron chi connectivity index (χ3n) is 3.56. The summed E-state index contributed by atoms with van der Waals surface area (Å²) in [5.74, 6) is 0. The number of alkyl halides is 3. The highest BCUT2D eigenvalue weighted by molar-refractivity contribution is 6.09. The van der Waals surface area contributed by atoms with Crippen molar-refractivity contribution >= 4 is 21.9 Å². The number of benzene rings is 2. The molecule has 0 fully saturated rings. The van der Waals surface area contributed by atoms with Gasteiger partial charge in [-0.25, -0.2) is 4.68 Å². The van der Waals surface area contributed by atoms with Crippen molar-refractivity contribution in [3.63, 3.8) is 0 Å². The van der Waals surface area contributed by atoms with Gasteiger partial charge in [0.05, 0.1) is 5.56 Å². The standard InChI is InChI=1S/C16H9F3N2O/c17-16(18,19)11-6-7-12(21-9-3-8-20-21)15-14(11)10-4-1-2-5-13(10)22-15/h1-9H. The summed E-state index contributed by atoms with van der Waals surface area (Å²) in [6, 6.07) is 10.9. The molecule has 0 aliphatic rings. The maximum Gasteiger partial charge on any atom is 0.417 e. The van der Waals surface area contributed by atoms with E-state index in [4.69, 9.17) is 4.42 Å². The number of fused-ring (bicyclic) bond motifs is 3. The lowest BCUT2D eigenvalue weighted by Crippen LogP contribution is -2.06. The Morgan fingerprint density at radius 3 is 2.55 bits per heavy atom. The molecule has 0 saturated heterocycles. The summed E-state index contributed by atoms with van der Waals surface area (Å²) < 4.78 is 47.2. The molecule has 4 aromatic rings. The van der Waals surface area contributed by atoms with Crippen molar-refractivity contribution in [2.24, 2.45) is 0 Å². The molecule has 0 aliphatic carbocycles. The van der Waals surface area contributed by atoms with Crippen LogP contribution in [0, 0.1) is 0 Å². The number of hydrogen-bond acceptors (Lipinski definition) is 2. The maximum atomic E-state index is 13.3. The van der Waals surface area contributed by atoms with Gasteiger partial charge in [0.2, 0.25) is 0 Å². The van der Waals surface area contributed by atoms with E-state index < -0.39 is 11.7 Å². The summed E-state index contributed by atoms with van der Waals surface area (Å²) in [6.07, 6.45) is -1.23. The Bertz CT molecular complexity index is 968. The molecule has 2 aromatic heterocycles. The van der Waals surface area contributed by atoms with E-state index in [1.165, 1.54) is 10.7 Å². The van der Waals surface area contributed by atoms with E-state index in [-0.39, 0.29) is 11.0 Å². The van der Waals surface area contributed by atoms with Crippen LogP contribution in [0.2, 0.25) is 0 Å². The lowest BCUT2D eigenvalue weighted by molar-refractivity contribution is -0.136. The van der Waals surface area contributed by atoms with Crippen molar-refractivity contribution in [3.8, 4) is 5.69 Å². The zero-order valence-corrected chi connectivity index (χ0v) is 11.1. The van der Waals surface area contributed by atoms with Gasteiger partial charge in [-0.3, -0.25) is 0 Å². The lowest BCUT2D eigenvalue weighted by Gasteiger charge is -2.10. The largest absolute Gasteiger partial charge is 0.454 e. The monoisotopic (exact) mass is 302 g/mol. The molecular formula is C16H9F3N2O. The van der Waals surface area contributed by atoms with Crippen molar-refractivity contribution in [2.45, 2.75) is 6.18 Å². The molecule has 6 heteroatoms. The van der Waals surface area contributed by atoms with E-state index in [0.29, 0.717) is 16.7 Å². The average Bonchev–Trinajstić information content (AvgIpc) is 3.12. The molecule has 110 valence electrons. The minimum absolute atomic E-state index is 0.0658. The molecule has 0 unspecified atom stereocenters. The number of aromatic nitrogens is 2. The molecule has 0 N–H and O–H groups in total. The Kier molecular flexibility index (Phi) is 2.57. The van der Waals surface area contributed by atoms with Gasteiger partial charge in [0.1, 0.15) is 11.3 Å². The molecule has 0 spiro atoms. The van der Waals surface area contributed by atoms with Crippen LogP contribution in [0.1, 0.15) is 5.56 Å². The van der Waals surface area contributed by atoms with Crippen molar-refractivity contribution in [1.82, 2.24) is 9.78 Å². The smallest absolute Gasteiger partial charge is 0.417 e. The van der Waals surface area contributed by atoms with Gasteiger partial charge in [0.15, 0.2) is 5.58 Å². The molecule has 0 bridgehead atoms. The number of hydrogen-bond donors (Lipinski definition) is 0. The van der Waals surface area contributed by atoms with Crippen LogP contribution in [0.25, 0.3) is 27.6 Å². The average molecular weight is 302 g/mol. The van der Waals surface area contributed by atoms with E-state index in [9.17, 15) is 13.2 Å². The van der Waals surface area contributed by atoms with Crippen LogP contribution in [0.15, 0.2) is 59.3 Å². The topological polar surface area (TPSA) is 31.0 Å². The van der Waals surface area contributed by atoms with Crippen molar-refractivity contribution in [2.75, 3.05) is 0 Å². The van der Waals surface area contributed by atoms with E-state index in [1.54, 1.807) is 42.7 Å². The highest BCUT2D eigenvalue weighted by atomic mass is 19.4. The third kappa shape index (κ3) is 1.80. The number of para-hydroxylation sites is 1. The van der Waals surface area contributed by atoms with Crippen LogP contribution in [-0.2, 0) is 6.18 Å². The fourth-order valence-corrected chi connectivity index (χ4v) is 2.64. The summed E-state index contributed by atoms with van der Waals surface area (Å²) >= 11 is 0. The summed E-state index contributed by atoms with van der Waals surface area (Å²) in [4.78, 5) is 0. The fourth-order valence-electron chi connectivity index (χ4n) is 2.64. The zero-order chi connectivity index (χ0) is 15.3. The SMILES string of the molecule is FC(F)(F)c1ccc(-n2cccn2)c2oc3ccccc3c12. The van der Waals surface area contributed by atoms with E-state index in [1.807, 2.05) is 0 Å². The minimum Gasteiger partial charge on any atom is -0.454 e. The number of rotatable bonds is 1. The molecule has 0 aliphatic heterocycles. The molecule has 0 radical (unpaired) electrons. The van der Waals surface area contributed by atoms with Crippen LogP contribution in [0.4, 0.5) is 13.2 Å². The van der Waals surface area contributed by atoms with Gasteiger partial charge in [-0.15, -0.1) is 0 Å². The predicted molar refractivity (Wildman–Crippen MR) is 75.8 cm³/mol. The Labute approximate surface area is 122 Å². The predicted octanol–water partition coefficient (Wildman–Crippen LogP) is 4.79. The second kappa shape index (κ2) is 4.37. The van der Waals surface area contributed by atoms with Gasteiger partial charge < -0.3 is 4.42 Å². The van der Waals surface area contributed by atoms with Crippen LogP contribution in [-0.4, -0.2) is 9.78 Å². The van der Waals surface area contributed by atoms with E-state index in [0.717, 1.165) is 6.07 Å². The Balaban J connectivity index is 2.19. The second-order valence-electron chi connectivity index (χ2n) is 4.88. The first-order chi connectivity index (χ1) is 10.6. The number of halogens is 3. The van der Waals surface area contributed by atoms with Crippen LogP contribution < -0.4 is 0 Å². The van der Waals surface area contributed by atoms with Crippen molar-refractivity contribution in [3.05, 3.63) is 60.4 Å². The molecule has 4 rings (SSSR count). The lowest BCUT2D eigenvalue weighted by atomic mass is 10.0. The maximum absolute atomic E-state index is 13.3. The van der Waals surface area contributed by atoms with Gasteiger partial charge in [-0.05, 0) is 24.3 Å². The van der Waals surface area contributed by atoms with Crippen LogP contribution in [0.3, 0.4) is 0 Å². The fraction of sp³-hybridized carbons (Fsp3) is 0.0625. The Hall–Kier alpha value is -2.76.